The molecule has 0 spiro atoms. The topological polar surface area (TPSA) is 171 Å². The molecule has 0 bridgehead atoms. The average molecular weight is 481 g/mol. The van der Waals surface area contributed by atoms with Gasteiger partial charge in [-0.05, 0) is 0 Å². The van der Waals surface area contributed by atoms with Crippen molar-refractivity contribution in [2.24, 2.45) is 0 Å². The lowest BCUT2D eigenvalue weighted by atomic mass is 10.2. The van der Waals surface area contributed by atoms with Gasteiger partial charge < -0.3 is 15.4 Å². The number of phosphoric ester groups is 2. The molecule has 1 fully saturated rings. The Morgan fingerprint density at radius 1 is 1.32 bits per heavy atom. The second kappa shape index (κ2) is 10.8. The number of hydrogen-bond acceptors (Lipinski definition) is 11. The number of aromatic nitrogens is 2. The Kier molecular flexibility index (Phi) is 8.97. The standard InChI is InChI=1S/C16H25N3O10P2/c1-5-6-7-11-9-19(16(20)18-15(11)17)14-8-12(29-30(21,22)24-2)13(28-14)10-27-31(23,25-3)26-4/h9,12-14H,5,8,10H2,1-4H3,(H,21,22)(H2,17,18,20). The maximum absolute atomic E-state index is 12.4. The molecule has 1 aliphatic rings. The van der Waals surface area contributed by atoms with Crippen LogP contribution in [0.3, 0.4) is 0 Å². The fraction of sp³-hybridized carbons (Fsp3) is 0.625. The number of rotatable bonds is 9. The highest BCUT2D eigenvalue weighted by molar-refractivity contribution is 7.48. The zero-order valence-corrected chi connectivity index (χ0v) is 19.2. The minimum Gasteiger partial charge on any atom is -0.382 e. The first-order valence-corrected chi connectivity index (χ1v) is 12.0. The van der Waals surface area contributed by atoms with Crippen LogP contribution in [-0.2, 0) is 36.5 Å². The van der Waals surface area contributed by atoms with E-state index in [2.05, 4.69) is 21.3 Å². The molecule has 15 heteroatoms. The largest absolute Gasteiger partial charge is 0.474 e. The molecule has 0 saturated carbocycles. The summed E-state index contributed by atoms with van der Waals surface area (Å²) in [5, 5.41) is 0. The van der Waals surface area contributed by atoms with E-state index in [1.807, 2.05) is 6.92 Å². The number of ether oxygens (including phenoxy) is 1. The van der Waals surface area contributed by atoms with Gasteiger partial charge in [0.15, 0.2) is 0 Å². The zero-order valence-electron chi connectivity index (χ0n) is 17.4. The van der Waals surface area contributed by atoms with Gasteiger partial charge in [-0.15, -0.1) is 0 Å². The van der Waals surface area contributed by atoms with E-state index in [9.17, 15) is 18.8 Å². The summed E-state index contributed by atoms with van der Waals surface area (Å²) in [5.74, 6) is 5.60. The van der Waals surface area contributed by atoms with Crippen molar-refractivity contribution in [2.45, 2.75) is 38.2 Å². The van der Waals surface area contributed by atoms with E-state index in [0.717, 1.165) is 25.9 Å². The smallest absolute Gasteiger partial charge is 0.382 e. The van der Waals surface area contributed by atoms with Crippen LogP contribution in [0, 0.1) is 11.8 Å². The third kappa shape index (κ3) is 6.70. The van der Waals surface area contributed by atoms with Gasteiger partial charge in [0.05, 0.1) is 12.2 Å². The fourth-order valence-electron chi connectivity index (χ4n) is 2.66. The van der Waals surface area contributed by atoms with Crippen molar-refractivity contribution < 1.29 is 41.4 Å². The van der Waals surface area contributed by atoms with Crippen LogP contribution in [-0.4, -0.2) is 54.6 Å². The number of phosphoric acid groups is 2. The van der Waals surface area contributed by atoms with E-state index in [4.69, 9.17) is 28.6 Å². The van der Waals surface area contributed by atoms with Crippen LogP contribution in [0.1, 0.15) is 31.6 Å². The van der Waals surface area contributed by atoms with Gasteiger partial charge in [-0.2, -0.15) is 4.98 Å². The maximum atomic E-state index is 12.4. The molecule has 1 aromatic rings. The molecule has 3 N–H and O–H groups in total. The molecule has 174 valence electrons. The summed E-state index contributed by atoms with van der Waals surface area (Å²) in [6.07, 6.45) is -1.19. The van der Waals surface area contributed by atoms with Crippen molar-refractivity contribution in [1.82, 2.24) is 9.55 Å². The fourth-order valence-corrected chi connectivity index (χ4v) is 4.00. The highest BCUT2D eigenvalue weighted by atomic mass is 31.2. The first-order chi connectivity index (χ1) is 14.6. The average Bonchev–Trinajstić information content (AvgIpc) is 3.13. The molecular formula is C16H25N3O10P2. The highest BCUT2D eigenvalue weighted by Crippen LogP contribution is 2.50. The quantitative estimate of drug-likeness (QED) is 0.385. The maximum Gasteiger partial charge on any atom is 0.474 e. The molecule has 2 heterocycles. The van der Waals surface area contributed by atoms with Crippen LogP contribution in [0.25, 0.3) is 0 Å². The summed E-state index contributed by atoms with van der Waals surface area (Å²) < 4.78 is 55.1. The van der Waals surface area contributed by atoms with Gasteiger partial charge in [0.2, 0.25) is 0 Å². The summed E-state index contributed by atoms with van der Waals surface area (Å²) >= 11 is 0. The van der Waals surface area contributed by atoms with Gasteiger partial charge in [0.1, 0.15) is 24.3 Å². The number of nitrogens with two attached hydrogens (primary N) is 1. The third-order valence-electron chi connectivity index (χ3n) is 4.22. The van der Waals surface area contributed by atoms with E-state index < -0.39 is 46.4 Å². The molecule has 0 radical (unpaired) electrons. The van der Waals surface area contributed by atoms with Crippen LogP contribution in [0.2, 0.25) is 0 Å². The molecule has 13 nitrogen and oxygen atoms in total. The zero-order chi connectivity index (χ0) is 23.2. The Balaban J connectivity index is 2.33. The van der Waals surface area contributed by atoms with Crippen LogP contribution in [0.4, 0.5) is 5.82 Å². The molecular weight excluding hydrogens is 456 g/mol. The lowest BCUT2D eigenvalue weighted by Crippen LogP contribution is -2.29. The van der Waals surface area contributed by atoms with Gasteiger partial charge in [-0.3, -0.25) is 27.2 Å². The number of hydrogen-bond donors (Lipinski definition) is 2. The van der Waals surface area contributed by atoms with Crippen LogP contribution < -0.4 is 11.4 Å². The second-order valence-electron chi connectivity index (χ2n) is 6.15. The van der Waals surface area contributed by atoms with Crippen molar-refractivity contribution >= 4 is 21.5 Å². The molecule has 4 unspecified atom stereocenters. The molecule has 2 rings (SSSR count). The molecule has 1 saturated heterocycles. The Morgan fingerprint density at radius 3 is 2.58 bits per heavy atom. The Labute approximate surface area is 179 Å². The van der Waals surface area contributed by atoms with Crippen LogP contribution >= 0.6 is 15.6 Å². The Morgan fingerprint density at radius 2 is 2.00 bits per heavy atom. The van der Waals surface area contributed by atoms with Crippen molar-refractivity contribution in [2.75, 3.05) is 33.7 Å². The molecule has 0 aliphatic carbocycles. The van der Waals surface area contributed by atoms with E-state index in [-0.39, 0.29) is 12.2 Å². The summed E-state index contributed by atoms with van der Waals surface area (Å²) in [7, 11) is -5.02. The van der Waals surface area contributed by atoms with Gasteiger partial charge in [-0.25, -0.2) is 13.9 Å². The van der Waals surface area contributed by atoms with E-state index in [0.29, 0.717) is 12.0 Å². The molecule has 31 heavy (non-hydrogen) atoms. The summed E-state index contributed by atoms with van der Waals surface area (Å²) in [6.45, 7) is 1.45. The minimum atomic E-state index is -4.41. The minimum absolute atomic E-state index is 0.0340. The first-order valence-electron chi connectivity index (χ1n) is 9.04. The van der Waals surface area contributed by atoms with E-state index >= 15 is 0 Å². The SMILES string of the molecule is CCC#Cc1cn(C2CC(OP(=O)(O)OC)C(COP(=O)(OC)OC)O2)c(=O)nc1N. The summed E-state index contributed by atoms with van der Waals surface area (Å²) in [4.78, 5) is 25.8. The van der Waals surface area contributed by atoms with Crippen LogP contribution in [0.15, 0.2) is 11.0 Å². The van der Waals surface area contributed by atoms with Crippen molar-refractivity contribution in [3.05, 3.63) is 22.2 Å². The van der Waals surface area contributed by atoms with Gasteiger partial charge in [0, 0.05) is 40.4 Å². The second-order valence-corrected chi connectivity index (χ2v) is 9.55. The lowest BCUT2D eigenvalue weighted by Gasteiger charge is -2.22. The molecule has 0 aromatic carbocycles. The van der Waals surface area contributed by atoms with Crippen molar-refractivity contribution in [1.29, 1.82) is 0 Å². The predicted molar refractivity (Wildman–Crippen MR) is 108 cm³/mol. The Bertz CT molecular complexity index is 980. The normalized spacial score (nSPS) is 23.2. The van der Waals surface area contributed by atoms with Crippen LogP contribution in [0.5, 0.6) is 0 Å². The van der Waals surface area contributed by atoms with Gasteiger partial charge in [0.25, 0.3) is 0 Å². The molecule has 4 atom stereocenters. The van der Waals surface area contributed by atoms with E-state index in [1.54, 1.807) is 0 Å². The molecule has 1 aliphatic heterocycles. The van der Waals surface area contributed by atoms with Crippen molar-refractivity contribution in [3.8, 4) is 11.8 Å². The third-order valence-corrected chi connectivity index (χ3v) is 6.57. The number of nitrogens with zero attached hydrogens (tertiary/aromatic N) is 2. The Hall–Kier alpha value is -1.58. The number of anilines is 1. The summed E-state index contributed by atoms with van der Waals surface area (Å²) in [5.41, 5.74) is 5.35. The highest BCUT2D eigenvalue weighted by Gasteiger charge is 2.43. The van der Waals surface area contributed by atoms with Gasteiger partial charge >= 0.3 is 21.3 Å². The van der Waals surface area contributed by atoms with Crippen molar-refractivity contribution in [3.63, 3.8) is 0 Å². The lowest BCUT2D eigenvalue weighted by molar-refractivity contribution is -0.0463. The first kappa shape index (κ1) is 25.7. The summed E-state index contributed by atoms with van der Waals surface area (Å²) in [6, 6.07) is 0. The molecule has 1 aromatic heterocycles. The number of nitrogen functional groups attached to an aromatic ring is 1. The van der Waals surface area contributed by atoms with Gasteiger partial charge in [-0.1, -0.05) is 18.8 Å². The van der Waals surface area contributed by atoms with E-state index in [1.165, 1.54) is 6.20 Å². The predicted octanol–water partition coefficient (Wildman–Crippen LogP) is 1.42. The molecule has 0 amide bonds. The monoisotopic (exact) mass is 481 g/mol.